The maximum atomic E-state index is 12.8. The van der Waals surface area contributed by atoms with Crippen molar-refractivity contribution in [1.82, 2.24) is 9.21 Å². The van der Waals surface area contributed by atoms with Gasteiger partial charge in [-0.05, 0) is 49.3 Å². The molecular weight excluding hydrogens is 394 g/mol. The molecule has 2 heterocycles. The van der Waals surface area contributed by atoms with Crippen LogP contribution in [0.4, 0.5) is 8.78 Å². The summed E-state index contributed by atoms with van der Waals surface area (Å²) < 4.78 is 55.6. The van der Waals surface area contributed by atoms with E-state index in [9.17, 15) is 27.1 Å². The predicted molar refractivity (Wildman–Crippen MR) is 96.3 cm³/mol. The molecule has 7 nitrogen and oxygen atoms in total. The van der Waals surface area contributed by atoms with Crippen LogP contribution in [-0.2, 0) is 14.8 Å². The van der Waals surface area contributed by atoms with Gasteiger partial charge in [0.15, 0.2) is 0 Å². The smallest absolute Gasteiger partial charge is 0.387 e. The number of hydrogen-bond acceptors (Lipinski definition) is 5. The molecule has 1 amide bonds. The number of sulfonamides is 1. The van der Waals surface area contributed by atoms with Crippen molar-refractivity contribution in [2.75, 3.05) is 32.8 Å². The van der Waals surface area contributed by atoms with Gasteiger partial charge in [-0.2, -0.15) is 13.1 Å². The van der Waals surface area contributed by atoms with Crippen LogP contribution in [0.15, 0.2) is 40.3 Å². The van der Waals surface area contributed by atoms with Gasteiger partial charge in [-0.15, -0.1) is 0 Å². The molecule has 0 aromatic heterocycles. The van der Waals surface area contributed by atoms with Crippen LogP contribution < -0.4 is 4.74 Å². The summed E-state index contributed by atoms with van der Waals surface area (Å²) in [4.78, 5) is 14.1. The number of hydrogen-bond donors (Lipinski definition) is 1. The summed E-state index contributed by atoms with van der Waals surface area (Å²) in [6.07, 6.45) is 0. The fourth-order valence-electron chi connectivity index (χ4n) is 3.30. The van der Waals surface area contributed by atoms with Crippen LogP contribution >= 0.6 is 0 Å². The van der Waals surface area contributed by atoms with E-state index in [2.05, 4.69) is 4.74 Å². The van der Waals surface area contributed by atoms with Gasteiger partial charge in [0.1, 0.15) is 5.75 Å². The Labute approximate surface area is 162 Å². The quantitative estimate of drug-likeness (QED) is 0.710. The summed E-state index contributed by atoms with van der Waals surface area (Å²) in [5.41, 5.74) is 0.875. The highest BCUT2D eigenvalue weighted by Gasteiger charge is 2.40. The molecule has 0 atom stereocenters. The van der Waals surface area contributed by atoms with Gasteiger partial charge in [0.25, 0.3) is 0 Å². The molecule has 1 aromatic rings. The fraction of sp³-hybridized carbons (Fsp3) is 0.500. The molecule has 0 bridgehead atoms. The Morgan fingerprint density at radius 3 is 2.14 bits per heavy atom. The van der Waals surface area contributed by atoms with Crippen molar-refractivity contribution in [3.05, 3.63) is 35.4 Å². The summed E-state index contributed by atoms with van der Waals surface area (Å²) >= 11 is 0. The number of nitrogens with zero attached hydrogens (tertiary/aromatic N) is 2. The number of ether oxygens (including phenoxy) is 1. The van der Waals surface area contributed by atoms with Crippen molar-refractivity contribution < 1.29 is 31.8 Å². The Bertz CT molecular complexity index is 879. The molecule has 0 aliphatic carbocycles. The molecule has 0 saturated carbocycles. The molecule has 2 aliphatic heterocycles. The fourth-order valence-corrected chi connectivity index (χ4v) is 4.73. The van der Waals surface area contributed by atoms with Gasteiger partial charge in [-0.1, -0.05) is 0 Å². The lowest BCUT2D eigenvalue weighted by Gasteiger charge is -2.29. The Morgan fingerprint density at radius 1 is 1.14 bits per heavy atom. The summed E-state index contributed by atoms with van der Waals surface area (Å²) in [6.45, 7) is 1.11. The minimum absolute atomic E-state index is 0.00960. The van der Waals surface area contributed by atoms with Crippen molar-refractivity contribution in [3.8, 4) is 5.75 Å². The molecule has 0 radical (unpaired) electrons. The number of rotatable bonds is 6. The third kappa shape index (κ3) is 3.89. The van der Waals surface area contributed by atoms with Crippen LogP contribution in [0.3, 0.4) is 0 Å². The standard InChI is InChI=1S/C18H22F2N2O5S/c1-18(2,11-23)16(24)21-7-12-9-22(10-13(12)8-21)28(25,26)15-5-3-14(4-6-15)27-17(19)20/h3-6,17,23H,7-11H2,1-2H3. The molecule has 3 rings (SSSR count). The molecule has 0 spiro atoms. The van der Waals surface area contributed by atoms with Gasteiger partial charge in [-0.3, -0.25) is 4.79 Å². The lowest BCUT2D eigenvalue weighted by molar-refractivity contribution is -0.141. The average molecular weight is 416 g/mol. The van der Waals surface area contributed by atoms with E-state index in [0.717, 1.165) is 11.1 Å². The van der Waals surface area contributed by atoms with Gasteiger partial charge >= 0.3 is 6.61 Å². The monoisotopic (exact) mass is 416 g/mol. The average Bonchev–Trinajstić information content (AvgIpc) is 3.20. The molecule has 0 saturated heterocycles. The second-order valence-electron chi connectivity index (χ2n) is 7.53. The zero-order valence-corrected chi connectivity index (χ0v) is 16.4. The first-order valence-corrected chi connectivity index (χ1v) is 10.1. The maximum absolute atomic E-state index is 12.8. The first-order chi connectivity index (χ1) is 13.0. The Balaban J connectivity index is 1.66. The largest absolute Gasteiger partial charge is 0.435 e. The van der Waals surface area contributed by atoms with Crippen LogP contribution in [-0.4, -0.2) is 68.0 Å². The van der Waals surface area contributed by atoms with Crippen molar-refractivity contribution in [2.24, 2.45) is 5.41 Å². The highest BCUT2D eigenvalue weighted by Crippen LogP contribution is 2.32. The van der Waals surface area contributed by atoms with Gasteiger partial charge in [-0.25, -0.2) is 8.42 Å². The zero-order chi connectivity index (χ0) is 20.7. The minimum Gasteiger partial charge on any atom is -0.435 e. The van der Waals surface area contributed by atoms with Crippen molar-refractivity contribution in [2.45, 2.75) is 25.4 Å². The molecular formula is C18H22F2N2O5S. The van der Waals surface area contributed by atoms with E-state index in [4.69, 9.17) is 0 Å². The summed E-state index contributed by atoms with van der Waals surface area (Å²) in [5, 5.41) is 9.37. The Morgan fingerprint density at radius 2 is 1.68 bits per heavy atom. The third-order valence-corrected chi connectivity index (χ3v) is 6.75. The first kappa shape index (κ1) is 20.7. The van der Waals surface area contributed by atoms with Crippen LogP contribution in [0.1, 0.15) is 13.8 Å². The molecule has 1 aromatic carbocycles. The SMILES string of the molecule is CC(C)(CO)C(=O)N1CC2=C(C1)CN(S(=O)(=O)c1ccc(OC(F)F)cc1)C2. The second kappa shape index (κ2) is 7.41. The van der Waals surface area contributed by atoms with Crippen molar-refractivity contribution in [3.63, 3.8) is 0 Å². The van der Waals surface area contributed by atoms with E-state index in [-0.39, 0.29) is 36.2 Å². The van der Waals surface area contributed by atoms with Crippen molar-refractivity contribution >= 4 is 15.9 Å². The second-order valence-corrected chi connectivity index (χ2v) is 9.47. The van der Waals surface area contributed by atoms with Crippen LogP contribution in [0.2, 0.25) is 0 Å². The third-order valence-electron chi connectivity index (χ3n) is 4.95. The van der Waals surface area contributed by atoms with Gasteiger partial charge in [0, 0.05) is 26.2 Å². The predicted octanol–water partition coefficient (Wildman–Crippen LogP) is 1.45. The molecule has 10 heteroatoms. The topological polar surface area (TPSA) is 87.2 Å². The van der Waals surface area contributed by atoms with Gasteiger partial charge < -0.3 is 14.7 Å². The van der Waals surface area contributed by atoms with E-state index < -0.39 is 22.0 Å². The molecule has 1 N–H and O–H groups in total. The molecule has 28 heavy (non-hydrogen) atoms. The van der Waals surface area contributed by atoms with E-state index in [1.54, 1.807) is 18.7 Å². The number of aliphatic hydroxyl groups is 1. The maximum Gasteiger partial charge on any atom is 0.387 e. The molecule has 0 fully saturated rings. The normalized spacial score (nSPS) is 18.1. The summed E-state index contributed by atoms with van der Waals surface area (Å²) in [7, 11) is -3.79. The lowest BCUT2D eigenvalue weighted by Crippen LogP contribution is -2.43. The Kier molecular flexibility index (Phi) is 5.48. The van der Waals surface area contributed by atoms with E-state index in [1.165, 1.54) is 28.6 Å². The number of alkyl halides is 2. The van der Waals surface area contributed by atoms with E-state index >= 15 is 0 Å². The van der Waals surface area contributed by atoms with E-state index in [1.807, 2.05) is 0 Å². The van der Waals surface area contributed by atoms with Crippen molar-refractivity contribution in [1.29, 1.82) is 0 Å². The zero-order valence-electron chi connectivity index (χ0n) is 15.6. The number of aliphatic hydroxyl groups excluding tert-OH is 1. The Hall–Kier alpha value is -2.04. The lowest BCUT2D eigenvalue weighted by atomic mass is 9.93. The first-order valence-electron chi connectivity index (χ1n) is 8.69. The minimum atomic E-state index is -3.79. The van der Waals surface area contributed by atoms with Gasteiger partial charge in [0.05, 0.1) is 16.9 Å². The number of amides is 1. The highest BCUT2D eigenvalue weighted by atomic mass is 32.2. The number of carbonyl (C=O) groups is 1. The van der Waals surface area contributed by atoms with Crippen LogP contribution in [0.25, 0.3) is 0 Å². The van der Waals surface area contributed by atoms with E-state index in [0.29, 0.717) is 13.1 Å². The number of halogens is 2. The molecule has 2 aliphatic rings. The van der Waals surface area contributed by atoms with Crippen LogP contribution in [0, 0.1) is 5.41 Å². The molecule has 0 unspecified atom stereocenters. The summed E-state index contributed by atoms with van der Waals surface area (Å²) in [6, 6.07) is 4.84. The molecule has 154 valence electrons. The number of carbonyl (C=O) groups excluding carboxylic acids is 1. The van der Waals surface area contributed by atoms with Gasteiger partial charge in [0.2, 0.25) is 15.9 Å². The highest BCUT2D eigenvalue weighted by molar-refractivity contribution is 7.89. The van der Waals surface area contributed by atoms with Crippen LogP contribution in [0.5, 0.6) is 5.75 Å². The summed E-state index contributed by atoms with van der Waals surface area (Å²) in [5.74, 6) is -0.287. The number of benzene rings is 1.